The van der Waals surface area contributed by atoms with Crippen molar-refractivity contribution in [3.63, 3.8) is 0 Å². The number of fused-ring (bicyclic) bond motifs is 1. The summed E-state index contributed by atoms with van der Waals surface area (Å²) in [6, 6.07) is 3.87. The van der Waals surface area contributed by atoms with Crippen molar-refractivity contribution in [2.75, 3.05) is 26.4 Å². The summed E-state index contributed by atoms with van der Waals surface area (Å²) < 4.78 is 11.9. The molecule has 0 aromatic heterocycles. The first kappa shape index (κ1) is 14.6. The van der Waals surface area contributed by atoms with Gasteiger partial charge in [-0.25, -0.2) is 0 Å². The van der Waals surface area contributed by atoms with E-state index >= 15 is 0 Å². The Morgan fingerprint density at radius 2 is 2.11 bits per heavy atom. The molecule has 106 valence electrons. The summed E-state index contributed by atoms with van der Waals surface area (Å²) in [7, 11) is 0. The van der Waals surface area contributed by atoms with Crippen molar-refractivity contribution in [1.29, 1.82) is 0 Å². The topological polar surface area (TPSA) is 71.0 Å². The molecule has 0 saturated carbocycles. The standard InChI is InChI=1S/C13H18BrNO4/c1-13(17,8-16)7-15-6-9-4-10(14)12-11(5-9)18-2-3-19-12/h4-5,15-17H,2-3,6-8H2,1H3. The Labute approximate surface area is 120 Å². The first-order valence-corrected chi connectivity index (χ1v) is 6.93. The lowest BCUT2D eigenvalue weighted by Crippen LogP contribution is -2.40. The highest BCUT2D eigenvalue weighted by Crippen LogP contribution is 2.38. The maximum Gasteiger partial charge on any atom is 0.175 e. The molecule has 0 radical (unpaired) electrons. The lowest BCUT2D eigenvalue weighted by Gasteiger charge is -2.22. The van der Waals surface area contributed by atoms with Crippen LogP contribution in [0.15, 0.2) is 16.6 Å². The fraction of sp³-hybridized carbons (Fsp3) is 0.538. The van der Waals surface area contributed by atoms with Crippen LogP contribution in [0.3, 0.4) is 0 Å². The second kappa shape index (κ2) is 6.09. The highest BCUT2D eigenvalue weighted by molar-refractivity contribution is 9.10. The number of nitrogens with one attached hydrogen (secondary N) is 1. The molecule has 0 amide bonds. The van der Waals surface area contributed by atoms with Crippen molar-refractivity contribution < 1.29 is 19.7 Å². The minimum Gasteiger partial charge on any atom is -0.486 e. The third kappa shape index (κ3) is 3.82. The first-order valence-electron chi connectivity index (χ1n) is 6.14. The third-order valence-electron chi connectivity index (χ3n) is 2.83. The van der Waals surface area contributed by atoms with Crippen molar-refractivity contribution in [3.05, 3.63) is 22.2 Å². The molecule has 1 aromatic carbocycles. The number of hydrogen-bond acceptors (Lipinski definition) is 5. The fourth-order valence-corrected chi connectivity index (χ4v) is 2.40. The van der Waals surface area contributed by atoms with Crippen LogP contribution in [0.5, 0.6) is 11.5 Å². The molecule has 1 aliphatic rings. The molecular weight excluding hydrogens is 314 g/mol. The number of ether oxygens (including phenoxy) is 2. The number of aliphatic hydroxyl groups excluding tert-OH is 1. The molecular formula is C13H18BrNO4. The van der Waals surface area contributed by atoms with E-state index in [4.69, 9.17) is 14.6 Å². The average Bonchev–Trinajstić information content (AvgIpc) is 2.39. The van der Waals surface area contributed by atoms with E-state index in [2.05, 4.69) is 21.2 Å². The molecule has 1 heterocycles. The molecule has 1 aliphatic heterocycles. The van der Waals surface area contributed by atoms with E-state index < -0.39 is 5.60 Å². The molecule has 5 nitrogen and oxygen atoms in total. The lowest BCUT2D eigenvalue weighted by molar-refractivity contribution is 0.00253. The summed E-state index contributed by atoms with van der Waals surface area (Å²) in [6.07, 6.45) is 0. The molecule has 3 N–H and O–H groups in total. The molecule has 6 heteroatoms. The van der Waals surface area contributed by atoms with Crippen LogP contribution in [0, 0.1) is 0 Å². The Hall–Kier alpha value is -0.820. The summed E-state index contributed by atoms with van der Waals surface area (Å²) in [5.74, 6) is 1.46. The van der Waals surface area contributed by atoms with Gasteiger partial charge >= 0.3 is 0 Å². The Morgan fingerprint density at radius 1 is 1.37 bits per heavy atom. The van der Waals surface area contributed by atoms with Crippen LogP contribution in [-0.2, 0) is 6.54 Å². The Balaban J connectivity index is 2.00. The molecule has 1 atom stereocenters. The highest BCUT2D eigenvalue weighted by Gasteiger charge is 2.19. The fourth-order valence-electron chi connectivity index (χ4n) is 1.80. The van der Waals surface area contributed by atoms with Gasteiger partial charge < -0.3 is 25.0 Å². The smallest absolute Gasteiger partial charge is 0.175 e. The maximum atomic E-state index is 9.68. The van der Waals surface area contributed by atoms with Crippen LogP contribution in [0.4, 0.5) is 0 Å². The number of rotatable bonds is 5. The van der Waals surface area contributed by atoms with E-state index in [1.54, 1.807) is 6.92 Å². The van der Waals surface area contributed by atoms with E-state index in [-0.39, 0.29) is 6.61 Å². The van der Waals surface area contributed by atoms with Crippen molar-refractivity contribution in [3.8, 4) is 11.5 Å². The van der Waals surface area contributed by atoms with Gasteiger partial charge in [0.25, 0.3) is 0 Å². The minimum absolute atomic E-state index is 0.273. The van der Waals surface area contributed by atoms with Crippen molar-refractivity contribution >= 4 is 15.9 Å². The molecule has 0 bridgehead atoms. The molecule has 2 rings (SSSR count). The first-order chi connectivity index (χ1) is 9.02. The molecule has 1 unspecified atom stereocenters. The number of aliphatic hydroxyl groups is 2. The lowest BCUT2D eigenvalue weighted by atomic mass is 10.1. The van der Waals surface area contributed by atoms with E-state index in [1.165, 1.54) is 0 Å². The zero-order valence-corrected chi connectivity index (χ0v) is 12.4. The summed E-state index contributed by atoms with van der Waals surface area (Å²) in [4.78, 5) is 0. The van der Waals surface area contributed by atoms with Crippen LogP contribution < -0.4 is 14.8 Å². The zero-order chi connectivity index (χ0) is 13.9. The van der Waals surface area contributed by atoms with Crippen LogP contribution in [0.25, 0.3) is 0 Å². The number of hydrogen-bond donors (Lipinski definition) is 3. The Morgan fingerprint density at radius 3 is 2.84 bits per heavy atom. The van der Waals surface area contributed by atoms with Gasteiger partial charge in [0.05, 0.1) is 16.7 Å². The van der Waals surface area contributed by atoms with E-state index in [9.17, 15) is 5.11 Å². The second-order valence-electron chi connectivity index (χ2n) is 4.86. The summed E-state index contributed by atoms with van der Waals surface area (Å²) in [6.45, 7) is 3.31. The number of halogens is 1. The third-order valence-corrected chi connectivity index (χ3v) is 3.42. The van der Waals surface area contributed by atoms with Crippen molar-refractivity contribution in [1.82, 2.24) is 5.32 Å². The summed E-state index contributed by atoms with van der Waals surface area (Å²) in [5.41, 5.74) is -0.0877. The molecule has 1 aromatic rings. The summed E-state index contributed by atoms with van der Waals surface area (Å²) in [5, 5.41) is 21.7. The normalized spacial score (nSPS) is 17.1. The van der Waals surface area contributed by atoms with Crippen molar-refractivity contribution in [2.45, 2.75) is 19.1 Å². The van der Waals surface area contributed by atoms with E-state index in [1.807, 2.05) is 12.1 Å². The molecule has 19 heavy (non-hydrogen) atoms. The Kier molecular flexibility index (Phi) is 4.67. The van der Waals surface area contributed by atoms with Gasteiger partial charge in [-0.2, -0.15) is 0 Å². The van der Waals surface area contributed by atoms with Gasteiger partial charge in [-0.3, -0.25) is 0 Å². The molecule has 0 fully saturated rings. The minimum atomic E-state index is -1.11. The van der Waals surface area contributed by atoms with Gasteiger partial charge in [0.2, 0.25) is 0 Å². The predicted molar refractivity (Wildman–Crippen MR) is 74.5 cm³/mol. The SMILES string of the molecule is CC(O)(CO)CNCc1cc(Br)c2c(c1)OCCO2. The average molecular weight is 332 g/mol. The summed E-state index contributed by atoms with van der Waals surface area (Å²) >= 11 is 3.46. The zero-order valence-electron chi connectivity index (χ0n) is 10.8. The van der Waals surface area contributed by atoms with Gasteiger partial charge in [-0.1, -0.05) is 0 Å². The number of benzene rings is 1. The Bertz CT molecular complexity index is 451. The van der Waals surface area contributed by atoms with Gasteiger partial charge in [0.1, 0.15) is 13.2 Å². The highest BCUT2D eigenvalue weighted by atomic mass is 79.9. The molecule has 0 aliphatic carbocycles. The second-order valence-corrected chi connectivity index (χ2v) is 5.71. The maximum absolute atomic E-state index is 9.68. The van der Waals surface area contributed by atoms with E-state index in [0.29, 0.717) is 26.3 Å². The van der Waals surface area contributed by atoms with Gasteiger partial charge in [0.15, 0.2) is 11.5 Å². The predicted octanol–water partition coefficient (Wildman–Crippen LogP) is 1.05. The van der Waals surface area contributed by atoms with Gasteiger partial charge in [0, 0.05) is 13.1 Å². The van der Waals surface area contributed by atoms with Gasteiger partial charge in [-0.05, 0) is 40.5 Å². The van der Waals surface area contributed by atoms with Crippen LogP contribution >= 0.6 is 15.9 Å². The monoisotopic (exact) mass is 331 g/mol. The largest absolute Gasteiger partial charge is 0.486 e. The van der Waals surface area contributed by atoms with E-state index in [0.717, 1.165) is 21.5 Å². The van der Waals surface area contributed by atoms with Crippen LogP contribution in [0.2, 0.25) is 0 Å². The quantitative estimate of drug-likeness (QED) is 0.752. The van der Waals surface area contributed by atoms with Crippen molar-refractivity contribution in [2.24, 2.45) is 0 Å². The van der Waals surface area contributed by atoms with Gasteiger partial charge in [-0.15, -0.1) is 0 Å². The molecule has 0 saturated heterocycles. The van der Waals surface area contributed by atoms with Crippen LogP contribution in [-0.4, -0.2) is 42.2 Å². The molecule has 0 spiro atoms. The van der Waals surface area contributed by atoms with Crippen LogP contribution in [0.1, 0.15) is 12.5 Å².